The summed E-state index contributed by atoms with van der Waals surface area (Å²) < 4.78 is 30.1. The van der Waals surface area contributed by atoms with Crippen molar-refractivity contribution in [1.29, 1.82) is 0 Å². The maximum absolute atomic E-state index is 11.5. The maximum Gasteiger partial charge on any atom is 2.00 e. The van der Waals surface area contributed by atoms with E-state index in [-0.39, 0.29) is 171 Å². The van der Waals surface area contributed by atoms with Crippen molar-refractivity contribution in [2.45, 2.75) is 0 Å². The molecule has 0 unspecified atom stereocenters. The quantitative estimate of drug-likeness (QED) is 0.0461. The van der Waals surface area contributed by atoms with E-state index in [1.165, 1.54) is 24.8 Å². The summed E-state index contributed by atoms with van der Waals surface area (Å²) >= 11 is 0. The van der Waals surface area contributed by atoms with Gasteiger partial charge in [-0.3, -0.25) is 41.2 Å². The predicted molar refractivity (Wildman–Crippen MR) is 186 cm³/mol. The average molecular weight is 1180 g/mol. The second-order valence-corrected chi connectivity index (χ2v) is 9.24. The predicted octanol–water partition coefficient (Wildman–Crippen LogP) is -9.06. The van der Waals surface area contributed by atoms with E-state index in [4.69, 9.17) is 28.4 Å². The van der Waals surface area contributed by atoms with E-state index < -0.39 is 24.4 Å². The summed E-state index contributed by atoms with van der Waals surface area (Å²) in [5.74, 6) is 0. The summed E-state index contributed by atoms with van der Waals surface area (Å²) in [5.41, 5.74) is 2.17. The normalized spacial score (nSPS) is 8.55. The van der Waals surface area contributed by atoms with Gasteiger partial charge in [0.25, 0.3) is 0 Å². The standard InChI is InChI=1S/2C16H18N4O5.4BrH.2H2O.2Zn/c2*21-15(19-13-3-1-5-17-11-13)24-9-7-23-8-10-25-16(22)20-14-4-2-6-18-12-14;;;;;;;;/h2*1-6,11-12H,7-10H2,(H,19,21)(H,20,22);4*1H;2*1H2;;/q;;;;;;;;2*+2/p-4. The molecule has 0 aliphatic rings. The zero-order valence-corrected chi connectivity index (χ0v) is 43.0. The van der Waals surface area contributed by atoms with Gasteiger partial charge < -0.3 is 107 Å². The minimum atomic E-state index is -0.594. The van der Waals surface area contributed by atoms with Gasteiger partial charge in [-0.05, 0) is 48.5 Å². The number of carbonyl (C=O) groups is 4. The molecule has 26 heteroatoms. The minimum absolute atomic E-state index is 0. The Balaban J connectivity index is -0.000000205. The van der Waals surface area contributed by atoms with Crippen LogP contribution >= 0.6 is 0 Å². The van der Waals surface area contributed by atoms with Crippen molar-refractivity contribution in [2.75, 3.05) is 74.1 Å². The summed E-state index contributed by atoms with van der Waals surface area (Å²) in [4.78, 5) is 61.3. The van der Waals surface area contributed by atoms with E-state index in [0.717, 1.165) is 0 Å². The Hall–Kier alpha value is -3.31. The van der Waals surface area contributed by atoms with E-state index in [0.29, 0.717) is 22.7 Å². The zero-order chi connectivity index (χ0) is 35.5. The van der Waals surface area contributed by atoms with Crippen LogP contribution in [0, 0.1) is 0 Å². The van der Waals surface area contributed by atoms with Crippen LogP contribution in [0.15, 0.2) is 98.1 Å². The fraction of sp³-hybridized carbons (Fsp3) is 0.250. The minimum Gasteiger partial charge on any atom is -1.00 e. The van der Waals surface area contributed by atoms with Crippen LogP contribution in [0.4, 0.5) is 41.9 Å². The Morgan fingerprint density at radius 1 is 0.397 bits per heavy atom. The molecule has 4 aromatic heterocycles. The van der Waals surface area contributed by atoms with E-state index in [9.17, 15) is 19.2 Å². The Bertz CT molecular complexity index is 1350. The Morgan fingerprint density at radius 2 is 0.603 bits per heavy atom. The van der Waals surface area contributed by atoms with Gasteiger partial charge in [-0.15, -0.1) is 0 Å². The number of anilines is 4. The molecule has 8 N–H and O–H groups in total. The number of aromatic nitrogens is 4. The Morgan fingerprint density at radius 3 is 0.776 bits per heavy atom. The van der Waals surface area contributed by atoms with Crippen molar-refractivity contribution in [2.24, 2.45) is 0 Å². The number of hydrogen-bond donors (Lipinski definition) is 4. The van der Waals surface area contributed by atoms with Crippen LogP contribution in [0.2, 0.25) is 0 Å². The Kier molecular flexibility index (Phi) is 49.6. The molecular formula is C32H40Br4N8O12Zn2. The SMILES string of the molecule is O.O.O=C(Nc1cccnc1)OCCOCCOC(=O)Nc1cccnc1.O=C(Nc1cccnc1)OCCOCCOC(=O)Nc1cccnc1.[Br-].[Br-].[Br-].[Br-].[Zn+2].[Zn+2]. The van der Waals surface area contributed by atoms with E-state index >= 15 is 0 Å². The largest absolute Gasteiger partial charge is 2.00 e. The number of nitrogens with one attached hydrogen (secondary N) is 4. The topological polar surface area (TPSA) is 286 Å². The number of rotatable bonds is 16. The average Bonchev–Trinajstić information content (AvgIpc) is 3.13. The number of nitrogens with zero attached hydrogens (tertiary/aromatic N) is 4. The molecule has 0 aliphatic heterocycles. The van der Waals surface area contributed by atoms with Crippen molar-refractivity contribution < 1.29 is 165 Å². The molecule has 4 heterocycles. The van der Waals surface area contributed by atoms with Crippen LogP contribution in [0.3, 0.4) is 0 Å². The molecule has 4 amide bonds. The molecule has 0 saturated carbocycles. The number of halogens is 4. The number of ether oxygens (including phenoxy) is 6. The fourth-order valence-corrected chi connectivity index (χ4v) is 3.34. The first-order valence-corrected chi connectivity index (χ1v) is 15.0. The monoisotopic (exact) mass is 1170 g/mol. The van der Waals surface area contributed by atoms with Gasteiger partial charge in [0.2, 0.25) is 0 Å². The Labute approximate surface area is 401 Å². The molecule has 0 saturated heterocycles. The molecule has 0 fully saturated rings. The summed E-state index contributed by atoms with van der Waals surface area (Å²) in [7, 11) is 0. The number of amides is 4. The summed E-state index contributed by atoms with van der Waals surface area (Å²) in [6.45, 7) is 1.06. The zero-order valence-electron chi connectivity index (χ0n) is 30.7. The first-order valence-electron chi connectivity index (χ1n) is 15.0. The van der Waals surface area contributed by atoms with Crippen molar-refractivity contribution >= 4 is 47.1 Å². The van der Waals surface area contributed by atoms with Gasteiger partial charge in [0, 0.05) is 24.8 Å². The van der Waals surface area contributed by atoms with Crippen molar-refractivity contribution in [1.82, 2.24) is 19.9 Å². The van der Waals surface area contributed by atoms with E-state index in [1.807, 2.05) is 0 Å². The van der Waals surface area contributed by atoms with E-state index in [2.05, 4.69) is 41.2 Å². The third-order valence-corrected chi connectivity index (χ3v) is 5.48. The molecule has 58 heavy (non-hydrogen) atoms. The van der Waals surface area contributed by atoms with Crippen LogP contribution in [0.5, 0.6) is 0 Å². The second kappa shape index (κ2) is 43.3. The number of pyridine rings is 4. The molecule has 4 rings (SSSR count). The fourth-order valence-electron chi connectivity index (χ4n) is 3.34. The van der Waals surface area contributed by atoms with Crippen molar-refractivity contribution in [3.63, 3.8) is 0 Å². The van der Waals surface area contributed by atoms with Gasteiger partial charge in [-0.2, -0.15) is 0 Å². The van der Waals surface area contributed by atoms with Crippen LogP contribution in [0.1, 0.15) is 0 Å². The van der Waals surface area contributed by atoms with E-state index in [1.54, 1.807) is 73.3 Å². The van der Waals surface area contributed by atoms with Gasteiger partial charge in [0.1, 0.15) is 26.4 Å². The first kappa shape index (κ1) is 66.5. The summed E-state index contributed by atoms with van der Waals surface area (Å²) in [6, 6.07) is 13.6. The molecule has 0 atom stereocenters. The third kappa shape index (κ3) is 33.6. The van der Waals surface area contributed by atoms with Gasteiger partial charge in [-0.1, -0.05) is 0 Å². The molecule has 0 spiro atoms. The van der Waals surface area contributed by atoms with Crippen molar-refractivity contribution in [3.8, 4) is 0 Å². The van der Waals surface area contributed by atoms with Gasteiger partial charge in [-0.25, -0.2) is 19.2 Å². The molecule has 312 valence electrons. The maximum atomic E-state index is 11.5. The van der Waals surface area contributed by atoms with Crippen LogP contribution in [0.25, 0.3) is 0 Å². The van der Waals surface area contributed by atoms with Gasteiger partial charge >= 0.3 is 63.3 Å². The smallest absolute Gasteiger partial charge is 1.00 e. The number of carbonyl (C=O) groups excluding carboxylic acids is 4. The van der Waals surface area contributed by atoms with Crippen LogP contribution < -0.4 is 89.2 Å². The molecule has 0 bridgehead atoms. The first-order chi connectivity index (χ1) is 24.5. The molecular weight excluding hydrogens is 1140 g/mol. The second-order valence-electron chi connectivity index (χ2n) is 9.24. The van der Waals surface area contributed by atoms with Crippen LogP contribution in [-0.2, 0) is 67.4 Å². The molecule has 4 aromatic rings. The van der Waals surface area contributed by atoms with Gasteiger partial charge in [0.05, 0.1) is 74.0 Å². The van der Waals surface area contributed by atoms with Crippen molar-refractivity contribution in [3.05, 3.63) is 98.1 Å². The third-order valence-electron chi connectivity index (χ3n) is 5.48. The summed E-state index contributed by atoms with van der Waals surface area (Å²) in [5, 5.41) is 10.1. The molecule has 0 aliphatic carbocycles. The molecule has 20 nitrogen and oxygen atoms in total. The van der Waals surface area contributed by atoms with Gasteiger partial charge in [0.15, 0.2) is 0 Å². The molecule has 0 aromatic carbocycles. The molecule has 0 radical (unpaired) electrons. The van der Waals surface area contributed by atoms with Crippen LogP contribution in [-0.4, -0.2) is 108 Å². The summed E-state index contributed by atoms with van der Waals surface area (Å²) in [6.07, 6.45) is 10.0. The number of hydrogen-bond acceptors (Lipinski definition) is 14.